The summed E-state index contributed by atoms with van der Waals surface area (Å²) < 4.78 is 0. The number of phenolic OH excluding ortho intramolecular Hbond substituents is 4. The Balaban J connectivity index is 2.52. The average Bonchev–Trinajstić information content (AvgIpc) is 2.50. The van der Waals surface area contributed by atoms with Gasteiger partial charge in [-0.05, 0) is 35.4 Å². The van der Waals surface area contributed by atoms with Crippen LogP contribution < -0.4 is 0 Å². The first-order valence-corrected chi connectivity index (χ1v) is 6.57. The minimum Gasteiger partial charge on any atom is -0.504 e. The highest BCUT2D eigenvalue weighted by Crippen LogP contribution is 2.38. The number of hydrogen-bond acceptors (Lipinski definition) is 6. The summed E-state index contributed by atoms with van der Waals surface area (Å²) in [6.07, 6.45) is 0.411. The Hall–Kier alpha value is -3.22. The van der Waals surface area contributed by atoms with E-state index in [1.807, 2.05) is 0 Å². The van der Waals surface area contributed by atoms with E-state index in [2.05, 4.69) is 0 Å². The van der Waals surface area contributed by atoms with Crippen LogP contribution in [0.4, 0.5) is 0 Å². The zero-order valence-corrected chi connectivity index (χ0v) is 11.7. The van der Waals surface area contributed by atoms with Crippen LogP contribution in [0.15, 0.2) is 36.4 Å². The second kappa shape index (κ2) is 6.27. The fraction of sp³-hybridized carbons (Fsp3) is 0.125. The van der Waals surface area contributed by atoms with Crippen molar-refractivity contribution in [1.82, 2.24) is 0 Å². The highest BCUT2D eigenvalue weighted by Gasteiger charge is 2.32. The SMILES string of the molecule is O=CC(c1ccc(O)c(O)c1)C(C(=O)O)c1ccc(O)c(O)c1. The van der Waals surface area contributed by atoms with Crippen molar-refractivity contribution >= 4 is 12.3 Å². The van der Waals surface area contributed by atoms with Crippen LogP contribution in [0.2, 0.25) is 0 Å². The third-order valence-electron chi connectivity index (χ3n) is 3.51. The number of aldehydes is 1. The minimum absolute atomic E-state index is 0.109. The van der Waals surface area contributed by atoms with Crippen LogP contribution in [0.25, 0.3) is 0 Å². The van der Waals surface area contributed by atoms with Gasteiger partial charge in [-0.1, -0.05) is 12.1 Å². The number of carbonyl (C=O) groups excluding carboxylic acids is 1. The second-order valence-electron chi connectivity index (χ2n) is 4.97. The lowest BCUT2D eigenvalue weighted by molar-refractivity contribution is -0.140. The van der Waals surface area contributed by atoms with Gasteiger partial charge in [-0.25, -0.2) is 0 Å². The molecule has 5 N–H and O–H groups in total. The smallest absolute Gasteiger partial charge is 0.312 e. The molecule has 0 heterocycles. The number of benzene rings is 2. The lowest BCUT2D eigenvalue weighted by Crippen LogP contribution is -2.21. The van der Waals surface area contributed by atoms with Gasteiger partial charge < -0.3 is 30.3 Å². The van der Waals surface area contributed by atoms with Gasteiger partial charge in [0.25, 0.3) is 0 Å². The molecule has 0 bridgehead atoms. The lowest BCUT2D eigenvalue weighted by atomic mass is 9.82. The number of aliphatic carboxylic acids is 1. The van der Waals surface area contributed by atoms with Crippen molar-refractivity contribution in [3.05, 3.63) is 47.5 Å². The van der Waals surface area contributed by atoms with Crippen molar-refractivity contribution in [2.75, 3.05) is 0 Å². The van der Waals surface area contributed by atoms with Gasteiger partial charge in [0, 0.05) is 0 Å². The summed E-state index contributed by atoms with van der Waals surface area (Å²) in [5, 5.41) is 47.2. The van der Waals surface area contributed by atoms with Crippen molar-refractivity contribution in [2.45, 2.75) is 11.8 Å². The Morgan fingerprint density at radius 1 is 0.826 bits per heavy atom. The first kappa shape index (κ1) is 16.2. The van der Waals surface area contributed by atoms with Gasteiger partial charge in [-0.2, -0.15) is 0 Å². The predicted molar refractivity (Wildman–Crippen MR) is 78.7 cm³/mol. The molecule has 0 saturated heterocycles. The van der Waals surface area contributed by atoms with Crippen LogP contribution in [0.1, 0.15) is 23.0 Å². The molecular formula is C16H14O7. The molecule has 0 aliphatic heterocycles. The normalized spacial score (nSPS) is 13.2. The average molecular weight is 318 g/mol. The van der Waals surface area contributed by atoms with E-state index in [0.717, 1.165) is 24.3 Å². The van der Waals surface area contributed by atoms with E-state index in [1.54, 1.807) is 0 Å². The van der Waals surface area contributed by atoms with E-state index in [1.165, 1.54) is 12.1 Å². The molecule has 7 nitrogen and oxygen atoms in total. The van der Waals surface area contributed by atoms with E-state index in [4.69, 9.17) is 0 Å². The third-order valence-corrected chi connectivity index (χ3v) is 3.51. The third kappa shape index (κ3) is 3.18. The first-order chi connectivity index (χ1) is 10.8. The Labute approximate surface area is 130 Å². The molecule has 0 saturated carbocycles. The molecule has 120 valence electrons. The molecular weight excluding hydrogens is 304 g/mol. The maximum atomic E-state index is 11.6. The number of hydrogen-bond donors (Lipinski definition) is 5. The molecule has 2 rings (SSSR count). The standard InChI is InChI=1S/C16H14O7/c17-7-10(8-1-3-11(18)13(20)5-8)15(16(22)23)9-2-4-12(19)14(21)6-9/h1-7,10,15,18-21H,(H,22,23). The molecule has 2 aromatic carbocycles. The van der Waals surface area contributed by atoms with Gasteiger partial charge in [0.05, 0.1) is 11.8 Å². The largest absolute Gasteiger partial charge is 0.504 e. The zero-order chi connectivity index (χ0) is 17.1. The van der Waals surface area contributed by atoms with Crippen molar-refractivity contribution in [3.63, 3.8) is 0 Å². The molecule has 0 radical (unpaired) electrons. The van der Waals surface area contributed by atoms with E-state index in [-0.39, 0.29) is 11.1 Å². The Morgan fingerprint density at radius 3 is 1.74 bits per heavy atom. The highest BCUT2D eigenvalue weighted by atomic mass is 16.4. The molecule has 0 aliphatic carbocycles. The molecule has 7 heteroatoms. The number of rotatable bonds is 5. The van der Waals surface area contributed by atoms with Crippen LogP contribution in [-0.2, 0) is 9.59 Å². The molecule has 0 aliphatic rings. The Morgan fingerprint density at radius 2 is 1.30 bits per heavy atom. The van der Waals surface area contributed by atoms with Crippen LogP contribution in [0, 0.1) is 0 Å². The van der Waals surface area contributed by atoms with Crippen molar-refractivity contribution in [2.24, 2.45) is 0 Å². The summed E-state index contributed by atoms with van der Waals surface area (Å²) >= 11 is 0. The topological polar surface area (TPSA) is 135 Å². The van der Waals surface area contributed by atoms with E-state index in [9.17, 15) is 35.1 Å². The minimum atomic E-state index is -1.34. The molecule has 0 fully saturated rings. The summed E-state index contributed by atoms with van der Waals surface area (Å²) in [7, 11) is 0. The van der Waals surface area contributed by atoms with Gasteiger partial charge >= 0.3 is 5.97 Å². The Bertz CT molecular complexity index is 754. The van der Waals surface area contributed by atoms with E-state index in [0.29, 0.717) is 6.29 Å². The molecule has 23 heavy (non-hydrogen) atoms. The maximum absolute atomic E-state index is 11.6. The number of carboxylic acid groups (broad SMARTS) is 1. The molecule has 2 atom stereocenters. The van der Waals surface area contributed by atoms with Gasteiger partial charge in [-0.3, -0.25) is 4.79 Å². The quantitative estimate of drug-likeness (QED) is 0.418. The molecule has 0 amide bonds. The number of phenols is 4. The van der Waals surface area contributed by atoms with Gasteiger partial charge in [0.1, 0.15) is 6.29 Å². The summed E-state index contributed by atoms with van der Waals surface area (Å²) in [5.41, 5.74) is 0.299. The second-order valence-corrected chi connectivity index (χ2v) is 4.97. The monoisotopic (exact) mass is 318 g/mol. The number of carbonyl (C=O) groups is 2. The van der Waals surface area contributed by atoms with Crippen molar-refractivity contribution in [3.8, 4) is 23.0 Å². The number of aromatic hydroxyl groups is 4. The molecule has 0 aromatic heterocycles. The van der Waals surface area contributed by atoms with Crippen LogP contribution in [0.5, 0.6) is 23.0 Å². The number of carboxylic acids is 1. The highest BCUT2D eigenvalue weighted by molar-refractivity contribution is 5.84. The zero-order valence-electron chi connectivity index (χ0n) is 11.7. The summed E-state index contributed by atoms with van der Waals surface area (Å²) in [5.74, 6) is -5.62. The fourth-order valence-electron chi connectivity index (χ4n) is 2.33. The van der Waals surface area contributed by atoms with E-state index >= 15 is 0 Å². The van der Waals surface area contributed by atoms with Crippen LogP contribution in [0.3, 0.4) is 0 Å². The van der Waals surface area contributed by atoms with Gasteiger partial charge in [0.2, 0.25) is 0 Å². The summed E-state index contributed by atoms with van der Waals surface area (Å²) in [6.45, 7) is 0. The van der Waals surface area contributed by atoms with E-state index < -0.39 is 40.8 Å². The van der Waals surface area contributed by atoms with Gasteiger partial charge in [0.15, 0.2) is 23.0 Å². The Kier molecular flexibility index (Phi) is 4.40. The lowest BCUT2D eigenvalue weighted by Gasteiger charge is -2.20. The first-order valence-electron chi connectivity index (χ1n) is 6.57. The fourth-order valence-corrected chi connectivity index (χ4v) is 2.33. The molecule has 2 unspecified atom stereocenters. The molecule has 2 aromatic rings. The predicted octanol–water partition coefficient (Wildman–Crippen LogP) is 1.66. The van der Waals surface area contributed by atoms with Crippen molar-refractivity contribution < 1.29 is 35.1 Å². The van der Waals surface area contributed by atoms with Crippen molar-refractivity contribution in [1.29, 1.82) is 0 Å². The summed E-state index contributed by atoms with van der Waals surface area (Å²) in [6, 6.07) is 7.04. The van der Waals surface area contributed by atoms with Crippen LogP contribution in [-0.4, -0.2) is 37.8 Å². The van der Waals surface area contributed by atoms with Crippen LogP contribution >= 0.6 is 0 Å². The summed E-state index contributed by atoms with van der Waals surface area (Å²) in [4.78, 5) is 23.1. The van der Waals surface area contributed by atoms with Gasteiger partial charge in [-0.15, -0.1) is 0 Å². The maximum Gasteiger partial charge on any atom is 0.312 e. The molecule has 0 spiro atoms.